The number of alkyl halides is 2. The maximum atomic E-state index is 13.7. The largest absolute Gasteiger partial charge is 0.261 e. The molecule has 4 heteroatoms. The summed E-state index contributed by atoms with van der Waals surface area (Å²) >= 11 is 0. The number of pyridine rings is 1. The van der Waals surface area contributed by atoms with Crippen LogP contribution in [0.4, 0.5) is 8.78 Å². The van der Waals surface area contributed by atoms with Crippen molar-refractivity contribution in [3.8, 4) is 0 Å². The van der Waals surface area contributed by atoms with Crippen molar-refractivity contribution in [2.75, 3.05) is 0 Å². The van der Waals surface area contributed by atoms with E-state index in [1.54, 1.807) is 6.20 Å². The zero-order valence-corrected chi connectivity index (χ0v) is 13.6. The van der Waals surface area contributed by atoms with Crippen molar-refractivity contribution in [3.63, 3.8) is 0 Å². The van der Waals surface area contributed by atoms with Gasteiger partial charge >= 0.3 is 0 Å². The molecular weight excluding hydrogens is 267 g/mol. The van der Waals surface area contributed by atoms with Crippen LogP contribution in [0, 0.1) is 5.92 Å². The zero-order chi connectivity index (χ0) is 16.0. The molecule has 2 unspecified atom stereocenters. The molecule has 116 valence electrons. The maximum absolute atomic E-state index is 13.7. The minimum Gasteiger partial charge on any atom is -0.261 e. The van der Waals surface area contributed by atoms with Crippen LogP contribution in [0.25, 0.3) is 0 Å². The molecule has 0 saturated carbocycles. The number of aromatic nitrogens is 1. The Kier molecular flexibility index (Phi) is 6.57. The van der Waals surface area contributed by atoms with E-state index in [2.05, 4.69) is 18.5 Å². The Morgan fingerprint density at radius 2 is 2.05 bits per heavy atom. The third-order valence-corrected chi connectivity index (χ3v) is 4.09. The van der Waals surface area contributed by atoms with E-state index < -0.39 is 11.8 Å². The summed E-state index contributed by atoms with van der Waals surface area (Å²) in [5, 5.41) is 0. The summed E-state index contributed by atoms with van der Waals surface area (Å²) in [7, 11) is 1.97. The average Bonchev–Trinajstić information content (AvgIpc) is 2.40. The minimum absolute atomic E-state index is 0.0821. The van der Waals surface area contributed by atoms with Gasteiger partial charge in [-0.05, 0) is 32.3 Å². The molecule has 1 nitrogen and oxygen atoms in total. The van der Waals surface area contributed by atoms with Crippen LogP contribution in [0.5, 0.6) is 0 Å². The molecular formula is C17H26BF2N. The number of hydrogen-bond acceptors (Lipinski definition) is 1. The van der Waals surface area contributed by atoms with E-state index in [9.17, 15) is 8.78 Å². The lowest BCUT2D eigenvalue weighted by Gasteiger charge is -2.28. The molecule has 0 aromatic carbocycles. The van der Waals surface area contributed by atoms with Gasteiger partial charge in [-0.2, -0.15) is 0 Å². The maximum Gasteiger partial charge on any atom is 0.248 e. The molecule has 1 aromatic heterocycles. The first-order chi connectivity index (χ1) is 9.79. The van der Waals surface area contributed by atoms with Crippen molar-refractivity contribution in [1.29, 1.82) is 0 Å². The summed E-state index contributed by atoms with van der Waals surface area (Å²) < 4.78 is 27.5. The molecule has 2 atom stereocenters. The molecule has 1 heterocycles. The Morgan fingerprint density at radius 1 is 1.38 bits per heavy atom. The molecule has 0 fully saturated rings. The van der Waals surface area contributed by atoms with Crippen molar-refractivity contribution in [3.05, 3.63) is 36.2 Å². The number of hydrogen-bond donors (Lipinski definition) is 0. The highest BCUT2D eigenvalue weighted by Crippen LogP contribution is 2.38. The van der Waals surface area contributed by atoms with Gasteiger partial charge in [0.25, 0.3) is 0 Å². The molecule has 1 rings (SSSR count). The van der Waals surface area contributed by atoms with E-state index in [1.165, 1.54) is 0 Å². The Labute approximate surface area is 128 Å². The van der Waals surface area contributed by atoms with E-state index >= 15 is 0 Å². The SMILES string of the molecule is Bc1ccc(C(CC(CC)C(C)(F)F)C(=C)CCC)nc1. The molecule has 21 heavy (non-hydrogen) atoms. The van der Waals surface area contributed by atoms with Gasteiger partial charge in [0.1, 0.15) is 7.85 Å². The van der Waals surface area contributed by atoms with Crippen LogP contribution in [0.3, 0.4) is 0 Å². The van der Waals surface area contributed by atoms with Crippen LogP contribution in [0.15, 0.2) is 30.5 Å². The molecule has 0 N–H and O–H groups in total. The van der Waals surface area contributed by atoms with Gasteiger partial charge in [-0.3, -0.25) is 4.98 Å². The van der Waals surface area contributed by atoms with Gasteiger partial charge in [-0.25, -0.2) is 8.78 Å². The minimum atomic E-state index is -2.66. The Hall–Kier alpha value is -1.19. The Balaban J connectivity index is 3.02. The summed E-state index contributed by atoms with van der Waals surface area (Å²) in [6.45, 7) is 9.05. The van der Waals surface area contributed by atoms with Gasteiger partial charge in [0.2, 0.25) is 5.92 Å². The fourth-order valence-corrected chi connectivity index (χ4v) is 2.69. The molecule has 0 bridgehead atoms. The topological polar surface area (TPSA) is 12.9 Å². The van der Waals surface area contributed by atoms with Crippen LogP contribution < -0.4 is 5.46 Å². The molecule has 1 aromatic rings. The monoisotopic (exact) mass is 293 g/mol. The van der Waals surface area contributed by atoms with Crippen LogP contribution >= 0.6 is 0 Å². The summed E-state index contributed by atoms with van der Waals surface area (Å²) in [4.78, 5) is 4.45. The predicted octanol–water partition coefficient (Wildman–Crippen LogP) is 3.85. The smallest absolute Gasteiger partial charge is 0.248 e. The first-order valence-corrected chi connectivity index (χ1v) is 7.77. The van der Waals surface area contributed by atoms with E-state index in [-0.39, 0.29) is 5.92 Å². The normalized spacial score (nSPS) is 14.7. The first kappa shape index (κ1) is 17.9. The highest BCUT2D eigenvalue weighted by Gasteiger charge is 2.35. The second-order valence-electron chi connectivity index (χ2n) is 6.02. The van der Waals surface area contributed by atoms with E-state index in [4.69, 9.17) is 0 Å². The van der Waals surface area contributed by atoms with Crippen LogP contribution in [0.2, 0.25) is 0 Å². The highest BCUT2D eigenvalue weighted by atomic mass is 19.3. The standard InChI is InChI=1S/C17H26BF2N/c1-5-7-12(3)15(10-13(6-2)17(4,19)20)16-9-8-14(18)11-21-16/h8-9,11,13,15H,3,5-7,10,18H2,1-2,4H3. The fourth-order valence-electron chi connectivity index (χ4n) is 2.69. The number of allylic oxidation sites excluding steroid dienone is 1. The quantitative estimate of drug-likeness (QED) is 0.524. The zero-order valence-electron chi connectivity index (χ0n) is 13.6. The van der Waals surface area contributed by atoms with Crippen molar-refractivity contribution in [2.24, 2.45) is 5.92 Å². The molecule has 0 amide bonds. The van der Waals surface area contributed by atoms with Crippen molar-refractivity contribution in [1.82, 2.24) is 4.98 Å². The predicted molar refractivity (Wildman–Crippen MR) is 88.2 cm³/mol. The molecule has 0 aliphatic heterocycles. The van der Waals surface area contributed by atoms with Crippen LogP contribution in [0.1, 0.15) is 58.1 Å². The molecule has 0 aliphatic rings. The Bertz CT molecular complexity index is 451. The molecule has 0 aliphatic carbocycles. The summed E-state index contributed by atoms with van der Waals surface area (Å²) in [5.74, 6) is -3.38. The van der Waals surface area contributed by atoms with Gasteiger partial charge in [0, 0.05) is 23.7 Å². The number of rotatable bonds is 8. The van der Waals surface area contributed by atoms with Crippen molar-refractivity contribution in [2.45, 2.75) is 58.3 Å². The fraction of sp³-hybridized carbons (Fsp3) is 0.588. The molecule has 0 radical (unpaired) electrons. The number of halogens is 2. The van der Waals surface area contributed by atoms with Crippen molar-refractivity contribution < 1.29 is 8.78 Å². The van der Waals surface area contributed by atoms with Gasteiger partial charge in [-0.15, -0.1) is 0 Å². The van der Waals surface area contributed by atoms with Gasteiger partial charge in [-0.1, -0.05) is 43.9 Å². The van der Waals surface area contributed by atoms with E-state index in [0.717, 1.165) is 36.5 Å². The van der Waals surface area contributed by atoms with E-state index in [0.29, 0.717) is 12.8 Å². The first-order valence-electron chi connectivity index (χ1n) is 7.77. The molecule has 0 spiro atoms. The lowest BCUT2D eigenvalue weighted by atomic mass is 9.81. The van der Waals surface area contributed by atoms with Gasteiger partial charge < -0.3 is 0 Å². The summed E-state index contributed by atoms with van der Waals surface area (Å²) in [6, 6.07) is 3.93. The summed E-state index contributed by atoms with van der Waals surface area (Å²) in [6.07, 6.45) is 4.50. The van der Waals surface area contributed by atoms with Crippen molar-refractivity contribution >= 4 is 13.3 Å². The van der Waals surface area contributed by atoms with Gasteiger partial charge in [0.15, 0.2) is 0 Å². The second kappa shape index (κ2) is 7.72. The molecule has 0 saturated heterocycles. The van der Waals surface area contributed by atoms with E-state index in [1.807, 2.05) is 26.9 Å². The third-order valence-electron chi connectivity index (χ3n) is 4.09. The Morgan fingerprint density at radius 3 is 2.48 bits per heavy atom. The second-order valence-corrected chi connectivity index (χ2v) is 6.02. The summed E-state index contributed by atoms with van der Waals surface area (Å²) in [5.41, 5.74) is 2.95. The number of nitrogens with zero attached hydrogens (tertiary/aromatic N) is 1. The van der Waals surface area contributed by atoms with Crippen LogP contribution in [-0.4, -0.2) is 18.8 Å². The lowest BCUT2D eigenvalue weighted by Crippen LogP contribution is -2.26. The third kappa shape index (κ3) is 5.26. The lowest BCUT2D eigenvalue weighted by molar-refractivity contribution is -0.0457. The van der Waals surface area contributed by atoms with Gasteiger partial charge in [0.05, 0.1) is 0 Å². The average molecular weight is 293 g/mol. The highest BCUT2D eigenvalue weighted by molar-refractivity contribution is 6.32. The van der Waals surface area contributed by atoms with Crippen LogP contribution in [-0.2, 0) is 0 Å².